The van der Waals surface area contributed by atoms with Gasteiger partial charge in [-0.15, -0.1) is 0 Å². The van der Waals surface area contributed by atoms with Crippen LogP contribution < -0.4 is 9.64 Å². The number of carbonyl (C=O) groups excluding carboxylic acids is 1. The van der Waals surface area contributed by atoms with Gasteiger partial charge in [-0.25, -0.2) is 9.97 Å². The summed E-state index contributed by atoms with van der Waals surface area (Å²) in [5, 5.41) is 0.778. The maximum atomic E-state index is 13.6. The summed E-state index contributed by atoms with van der Waals surface area (Å²) in [6.45, 7) is 4.56. The molecule has 2 heterocycles. The zero-order valence-corrected chi connectivity index (χ0v) is 22.0. The molecular weight excluding hydrogens is 482 g/mol. The highest BCUT2D eigenvalue weighted by molar-refractivity contribution is 8.00. The number of carbonyl (C=O) groups is 1. The van der Waals surface area contributed by atoms with Crippen LogP contribution in [0.2, 0.25) is 0 Å². The van der Waals surface area contributed by atoms with Gasteiger partial charge in [0.25, 0.3) is 0 Å². The van der Waals surface area contributed by atoms with E-state index in [2.05, 4.69) is 13.8 Å². The van der Waals surface area contributed by atoms with E-state index >= 15 is 0 Å². The van der Waals surface area contributed by atoms with Crippen molar-refractivity contribution in [1.29, 1.82) is 0 Å². The lowest BCUT2D eigenvalue weighted by Gasteiger charge is -2.32. The molecule has 4 aromatic rings. The van der Waals surface area contributed by atoms with Gasteiger partial charge in [0.05, 0.1) is 30.8 Å². The largest absolute Gasteiger partial charge is 0.497 e. The number of benzene rings is 3. The first-order valence-corrected chi connectivity index (χ1v) is 13.2. The summed E-state index contributed by atoms with van der Waals surface area (Å²) in [5.74, 6) is 1.60. The molecule has 188 valence electrons. The molecule has 0 aliphatic carbocycles. The van der Waals surface area contributed by atoms with Crippen LogP contribution in [-0.2, 0) is 22.6 Å². The van der Waals surface area contributed by atoms with E-state index in [4.69, 9.17) is 19.4 Å². The number of methoxy groups -OCH3 is 1. The van der Waals surface area contributed by atoms with Crippen LogP contribution in [0.1, 0.15) is 25.1 Å². The number of fused-ring (bicyclic) bond motifs is 1. The fraction of sp³-hybridized carbons (Fsp3) is 0.233. The fourth-order valence-corrected chi connectivity index (χ4v) is 5.19. The molecule has 3 aromatic carbocycles. The van der Waals surface area contributed by atoms with Crippen molar-refractivity contribution in [2.75, 3.05) is 17.8 Å². The molecule has 0 spiro atoms. The molecule has 1 aliphatic heterocycles. The Balaban J connectivity index is 1.47. The summed E-state index contributed by atoms with van der Waals surface area (Å²) in [5.41, 5.74) is 4.17. The molecule has 0 saturated heterocycles. The number of hydrogen-bond donors (Lipinski definition) is 0. The predicted octanol–water partition coefficient (Wildman–Crippen LogP) is 6.46. The quantitative estimate of drug-likeness (QED) is 0.210. The molecule has 1 aromatic heterocycles. The second-order valence-corrected chi connectivity index (χ2v) is 10.4. The highest BCUT2D eigenvalue weighted by Gasteiger charge is 2.30. The lowest BCUT2D eigenvalue weighted by Crippen LogP contribution is -2.33. The molecule has 0 unspecified atom stereocenters. The van der Waals surface area contributed by atoms with Crippen LogP contribution in [-0.4, -0.2) is 34.3 Å². The number of rotatable bonds is 7. The normalized spacial score (nSPS) is 14.0. The van der Waals surface area contributed by atoms with Crippen LogP contribution in [0.4, 0.5) is 11.4 Å². The Labute approximate surface area is 221 Å². The van der Waals surface area contributed by atoms with Gasteiger partial charge in [0.1, 0.15) is 10.8 Å². The molecule has 0 bridgehead atoms. The minimum Gasteiger partial charge on any atom is -0.497 e. The molecule has 0 atom stereocenters. The van der Waals surface area contributed by atoms with Crippen LogP contribution in [0, 0.1) is 0 Å². The molecule has 5 rings (SSSR count). The van der Waals surface area contributed by atoms with Gasteiger partial charge in [0, 0.05) is 28.9 Å². The summed E-state index contributed by atoms with van der Waals surface area (Å²) in [4.78, 5) is 25.2. The number of anilines is 2. The third kappa shape index (κ3) is 5.68. The van der Waals surface area contributed by atoms with Crippen molar-refractivity contribution in [1.82, 2.24) is 9.97 Å². The van der Waals surface area contributed by atoms with Crippen LogP contribution >= 0.6 is 11.8 Å². The highest BCUT2D eigenvalue weighted by Crippen LogP contribution is 2.35. The number of amides is 1. The average Bonchev–Trinajstić information content (AvgIpc) is 2.92. The molecule has 6 nitrogen and oxygen atoms in total. The van der Waals surface area contributed by atoms with E-state index in [1.807, 2.05) is 84.9 Å². The summed E-state index contributed by atoms with van der Waals surface area (Å²) in [6, 6.07) is 27.1. The SMILES string of the molecule is COc1ccc(-c2nc3c(c(SCC(=O)N(c4ccccc4)c4ccccc4)n2)COC(C)(C)C3)cc1. The molecule has 7 heteroatoms. The van der Waals surface area contributed by atoms with E-state index < -0.39 is 0 Å². The Morgan fingerprint density at radius 2 is 1.57 bits per heavy atom. The second kappa shape index (κ2) is 10.7. The standard InChI is InChI=1S/C30H29N3O3S/c1-30(2)18-26-25(19-36-30)29(32-28(31-26)21-14-16-24(35-3)17-15-21)37-20-27(34)33(22-10-6-4-7-11-22)23-12-8-5-9-13-23/h4-17H,18-20H2,1-3H3. The van der Waals surface area contributed by atoms with Gasteiger partial charge in [-0.1, -0.05) is 48.2 Å². The van der Waals surface area contributed by atoms with Crippen molar-refractivity contribution in [3.63, 3.8) is 0 Å². The van der Waals surface area contributed by atoms with Crippen LogP contribution in [0.15, 0.2) is 90.0 Å². The third-order valence-corrected chi connectivity index (χ3v) is 7.22. The maximum absolute atomic E-state index is 13.6. The van der Waals surface area contributed by atoms with Crippen molar-refractivity contribution in [3.05, 3.63) is 96.2 Å². The van der Waals surface area contributed by atoms with Crippen molar-refractivity contribution < 1.29 is 14.3 Å². The minimum atomic E-state index is -0.312. The zero-order valence-electron chi connectivity index (χ0n) is 21.2. The molecule has 1 aliphatic rings. The molecule has 1 amide bonds. The number of aromatic nitrogens is 2. The molecule has 0 radical (unpaired) electrons. The van der Waals surface area contributed by atoms with E-state index in [1.54, 1.807) is 12.0 Å². The summed E-state index contributed by atoms with van der Waals surface area (Å²) >= 11 is 1.43. The van der Waals surface area contributed by atoms with Crippen molar-refractivity contribution in [2.45, 2.75) is 37.5 Å². The van der Waals surface area contributed by atoms with Crippen molar-refractivity contribution in [3.8, 4) is 17.1 Å². The number of ether oxygens (including phenoxy) is 2. The first kappa shape index (κ1) is 25.0. The highest BCUT2D eigenvalue weighted by atomic mass is 32.2. The van der Waals surface area contributed by atoms with Gasteiger partial charge in [0.2, 0.25) is 5.91 Å². The summed E-state index contributed by atoms with van der Waals surface area (Å²) in [7, 11) is 1.65. The number of nitrogens with zero attached hydrogens (tertiary/aromatic N) is 3. The molecule has 0 N–H and O–H groups in total. The van der Waals surface area contributed by atoms with Gasteiger partial charge in [-0.2, -0.15) is 0 Å². The van der Waals surface area contributed by atoms with E-state index in [0.717, 1.165) is 39.0 Å². The Kier molecular flexibility index (Phi) is 7.26. The van der Waals surface area contributed by atoms with E-state index in [9.17, 15) is 4.79 Å². The fourth-order valence-electron chi connectivity index (χ4n) is 4.29. The first-order chi connectivity index (χ1) is 17.9. The van der Waals surface area contributed by atoms with E-state index in [1.165, 1.54) is 11.8 Å². The van der Waals surface area contributed by atoms with Gasteiger partial charge < -0.3 is 9.47 Å². The Hall–Kier alpha value is -3.68. The third-order valence-electron chi connectivity index (χ3n) is 6.21. The van der Waals surface area contributed by atoms with Gasteiger partial charge in [0.15, 0.2) is 5.82 Å². The molecular formula is C30H29N3O3S. The zero-order chi connectivity index (χ0) is 25.8. The Bertz CT molecular complexity index is 1340. The smallest absolute Gasteiger partial charge is 0.241 e. The monoisotopic (exact) mass is 511 g/mol. The van der Waals surface area contributed by atoms with Crippen molar-refractivity contribution >= 4 is 29.0 Å². The molecule has 0 saturated carbocycles. The molecule has 37 heavy (non-hydrogen) atoms. The van der Waals surface area contributed by atoms with Crippen LogP contribution in [0.25, 0.3) is 11.4 Å². The van der Waals surface area contributed by atoms with Gasteiger partial charge >= 0.3 is 0 Å². The topological polar surface area (TPSA) is 64.5 Å². The Morgan fingerprint density at radius 3 is 2.16 bits per heavy atom. The first-order valence-electron chi connectivity index (χ1n) is 12.2. The minimum absolute atomic E-state index is 0.0298. The number of para-hydroxylation sites is 2. The van der Waals surface area contributed by atoms with Crippen molar-refractivity contribution in [2.24, 2.45) is 0 Å². The van der Waals surface area contributed by atoms with Crippen LogP contribution in [0.3, 0.4) is 0 Å². The van der Waals surface area contributed by atoms with E-state index in [0.29, 0.717) is 18.9 Å². The summed E-state index contributed by atoms with van der Waals surface area (Å²) in [6.07, 6.45) is 0.676. The molecule has 0 fully saturated rings. The second-order valence-electron chi connectivity index (χ2n) is 9.42. The van der Waals surface area contributed by atoms with Gasteiger partial charge in [-0.3, -0.25) is 9.69 Å². The summed E-state index contributed by atoms with van der Waals surface area (Å²) < 4.78 is 11.4. The van der Waals surface area contributed by atoms with Gasteiger partial charge in [-0.05, 0) is 62.4 Å². The Morgan fingerprint density at radius 1 is 0.946 bits per heavy atom. The number of hydrogen-bond acceptors (Lipinski definition) is 6. The average molecular weight is 512 g/mol. The predicted molar refractivity (Wildman–Crippen MR) is 147 cm³/mol. The lowest BCUT2D eigenvalue weighted by molar-refractivity contribution is -0.115. The maximum Gasteiger partial charge on any atom is 0.241 e. The van der Waals surface area contributed by atoms with Crippen LogP contribution in [0.5, 0.6) is 5.75 Å². The van der Waals surface area contributed by atoms with E-state index in [-0.39, 0.29) is 17.3 Å². The lowest BCUT2D eigenvalue weighted by atomic mass is 9.96. The number of thioether (sulfide) groups is 1.